The molecule has 1 atom stereocenters. The lowest BCUT2D eigenvalue weighted by Gasteiger charge is -2.30. The van der Waals surface area contributed by atoms with E-state index in [0.29, 0.717) is 6.54 Å². The van der Waals surface area contributed by atoms with Crippen molar-refractivity contribution >= 4 is 17.5 Å². The Hall–Kier alpha value is -2.08. The molecule has 6 heteroatoms. The highest BCUT2D eigenvalue weighted by Gasteiger charge is 2.27. The van der Waals surface area contributed by atoms with E-state index in [9.17, 15) is 9.59 Å². The Morgan fingerprint density at radius 3 is 2.72 bits per heavy atom. The number of likely N-dealkylation sites (N-methyl/N-ethyl adjacent to an activating group) is 1. The topological polar surface area (TPSA) is 64.7 Å². The highest BCUT2D eigenvalue weighted by Crippen LogP contribution is 2.29. The second kappa shape index (κ2) is 7.44. The fourth-order valence-corrected chi connectivity index (χ4v) is 3.36. The molecular formula is C19H28N4O2. The molecule has 1 aromatic rings. The third-order valence-electron chi connectivity index (χ3n) is 5.04. The summed E-state index contributed by atoms with van der Waals surface area (Å²) in [4.78, 5) is 28.2. The van der Waals surface area contributed by atoms with E-state index >= 15 is 0 Å². The molecule has 2 amide bonds. The van der Waals surface area contributed by atoms with Crippen LogP contribution in [0.15, 0.2) is 18.2 Å². The molecule has 1 heterocycles. The lowest BCUT2D eigenvalue weighted by atomic mass is 9.96. The van der Waals surface area contributed by atoms with Crippen LogP contribution in [0.2, 0.25) is 0 Å². The van der Waals surface area contributed by atoms with Crippen molar-refractivity contribution in [3.63, 3.8) is 0 Å². The fraction of sp³-hybridized carbons (Fsp3) is 0.579. The quantitative estimate of drug-likeness (QED) is 0.784. The number of nitrogens with one attached hydrogen (secondary N) is 2. The standard InChI is InChI=1S/C19H28N4O2/c1-22(2)17(12-20-18(24)19(25)21-15-7-8-15)14-6-9-16-13(11-14)5-4-10-23(16)3/h6,9,11,15,17H,4-5,7-8,10,12H2,1-3H3,(H,20,24)(H,21,25)/t17-/m1/s1. The first-order chi connectivity index (χ1) is 12.0. The maximum atomic E-state index is 12.0. The number of hydrogen-bond donors (Lipinski definition) is 2. The molecule has 1 fully saturated rings. The van der Waals surface area contributed by atoms with Crippen LogP contribution in [0, 0.1) is 0 Å². The summed E-state index contributed by atoms with van der Waals surface area (Å²) in [6.07, 6.45) is 4.20. The van der Waals surface area contributed by atoms with E-state index in [4.69, 9.17) is 0 Å². The molecule has 25 heavy (non-hydrogen) atoms. The number of amides is 2. The summed E-state index contributed by atoms with van der Waals surface area (Å²) in [7, 11) is 6.11. The van der Waals surface area contributed by atoms with E-state index in [2.05, 4.69) is 45.7 Å². The number of fused-ring (bicyclic) bond motifs is 1. The van der Waals surface area contributed by atoms with Gasteiger partial charge in [0.05, 0.1) is 6.04 Å². The summed E-state index contributed by atoms with van der Waals surface area (Å²) in [5.74, 6) is -1.07. The van der Waals surface area contributed by atoms with Crippen LogP contribution in [0.3, 0.4) is 0 Å². The lowest BCUT2D eigenvalue weighted by Crippen LogP contribution is -2.43. The van der Waals surface area contributed by atoms with Crippen LogP contribution >= 0.6 is 0 Å². The average molecular weight is 344 g/mol. The Labute approximate surface area is 149 Å². The SMILES string of the molecule is CN1CCCc2cc([C@@H](CNC(=O)C(=O)NC3CC3)N(C)C)ccc21. The largest absolute Gasteiger partial charge is 0.374 e. The smallest absolute Gasteiger partial charge is 0.309 e. The first-order valence-corrected chi connectivity index (χ1v) is 9.05. The Morgan fingerprint density at radius 2 is 2.04 bits per heavy atom. The zero-order valence-electron chi connectivity index (χ0n) is 15.3. The molecule has 0 spiro atoms. The minimum Gasteiger partial charge on any atom is -0.374 e. The van der Waals surface area contributed by atoms with E-state index in [1.165, 1.54) is 16.8 Å². The van der Waals surface area contributed by atoms with Gasteiger partial charge < -0.3 is 20.4 Å². The second-order valence-corrected chi connectivity index (χ2v) is 7.35. The predicted molar refractivity (Wildman–Crippen MR) is 98.6 cm³/mol. The minimum atomic E-state index is -0.545. The first-order valence-electron chi connectivity index (χ1n) is 9.05. The maximum absolute atomic E-state index is 12.0. The maximum Gasteiger partial charge on any atom is 0.309 e. The highest BCUT2D eigenvalue weighted by atomic mass is 16.2. The van der Waals surface area contributed by atoms with Gasteiger partial charge in [0.15, 0.2) is 0 Å². The second-order valence-electron chi connectivity index (χ2n) is 7.35. The van der Waals surface area contributed by atoms with Crippen molar-refractivity contribution in [3.8, 4) is 0 Å². The van der Waals surface area contributed by atoms with Gasteiger partial charge in [0.25, 0.3) is 0 Å². The fourth-order valence-electron chi connectivity index (χ4n) is 3.36. The molecule has 2 aliphatic rings. The van der Waals surface area contributed by atoms with Crippen LogP contribution in [-0.4, -0.2) is 57.0 Å². The van der Waals surface area contributed by atoms with Gasteiger partial charge in [-0.2, -0.15) is 0 Å². The molecule has 0 saturated heterocycles. The number of carbonyl (C=O) groups is 2. The monoisotopic (exact) mass is 344 g/mol. The van der Waals surface area contributed by atoms with Gasteiger partial charge in [0.1, 0.15) is 0 Å². The summed E-state index contributed by atoms with van der Waals surface area (Å²) in [6, 6.07) is 6.77. The zero-order chi connectivity index (χ0) is 18.0. The van der Waals surface area contributed by atoms with E-state index in [0.717, 1.165) is 32.2 Å². The summed E-state index contributed by atoms with van der Waals surface area (Å²) in [5.41, 5.74) is 3.82. The van der Waals surface area contributed by atoms with E-state index in [1.807, 2.05) is 14.1 Å². The molecule has 6 nitrogen and oxygen atoms in total. The van der Waals surface area contributed by atoms with Crippen molar-refractivity contribution in [2.75, 3.05) is 39.1 Å². The van der Waals surface area contributed by atoms with Gasteiger partial charge in [-0.1, -0.05) is 12.1 Å². The molecule has 0 unspecified atom stereocenters. The van der Waals surface area contributed by atoms with Gasteiger partial charge in [-0.15, -0.1) is 0 Å². The Kier molecular flexibility index (Phi) is 5.27. The normalized spacial score (nSPS) is 17.8. The number of aryl methyl sites for hydroxylation is 1. The number of benzene rings is 1. The number of rotatable bonds is 5. The number of carbonyl (C=O) groups excluding carboxylic acids is 2. The number of anilines is 1. The number of hydrogen-bond acceptors (Lipinski definition) is 4. The Bertz CT molecular complexity index is 655. The van der Waals surface area contributed by atoms with Crippen molar-refractivity contribution in [1.82, 2.24) is 15.5 Å². The molecule has 136 valence electrons. The third-order valence-corrected chi connectivity index (χ3v) is 5.04. The van der Waals surface area contributed by atoms with Crippen LogP contribution in [-0.2, 0) is 16.0 Å². The van der Waals surface area contributed by atoms with Gasteiger partial charge >= 0.3 is 11.8 Å². The van der Waals surface area contributed by atoms with Gasteiger partial charge in [0.2, 0.25) is 0 Å². The molecule has 1 saturated carbocycles. The molecule has 0 aromatic heterocycles. The summed E-state index contributed by atoms with van der Waals surface area (Å²) >= 11 is 0. The molecule has 1 aliphatic heterocycles. The molecule has 0 bridgehead atoms. The lowest BCUT2D eigenvalue weighted by molar-refractivity contribution is -0.139. The van der Waals surface area contributed by atoms with E-state index < -0.39 is 11.8 Å². The third kappa shape index (κ3) is 4.31. The number of nitrogens with zero attached hydrogens (tertiary/aromatic N) is 2. The van der Waals surface area contributed by atoms with E-state index in [1.54, 1.807) is 0 Å². The first kappa shape index (κ1) is 17.7. The van der Waals surface area contributed by atoms with Crippen molar-refractivity contribution in [3.05, 3.63) is 29.3 Å². The zero-order valence-corrected chi connectivity index (χ0v) is 15.3. The van der Waals surface area contributed by atoms with Gasteiger partial charge in [-0.3, -0.25) is 9.59 Å². The average Bonchev–Trinajstić information content (AvgIpc) is 3.38. The van der Waals surface area contributed by atoms with Gasteiger partial charge in [-0.05, 0) is 57.0 Å². The van der Waals surface area contributed by atoms with Crippen LogP contribution in [0.5, 0.6) is 0 Å². The minimum absolute atomic E-state index is 0.0372. The van der Waals surface area contributed by atoms with Crippen molar-refractivity contribution in [2.45, 2.75) is 37.8 Å². The molecule has 3 rings (SSSR count). The summed E-state index contributed by atoms with van der Waals surface area (Å²) in [6.45, 7) is 1.51. The van der Waals surface area contributed by atoms with Crippen LogP contribution < -0.4 is 15.5 Å². The molecule has 1 aromatic carbocycles. The van der Waals surface area contributed by atoms with Crippen molar-refractivity contribution < 1.29 is 9.59 Å². The summed E-state index contributed by atoms with van der Waals surface area (Å²) in [5, 5.41) is 5.50. The molecule has 0 radical (unpaired) electrons. The molecule has 2 N–H and O–H groups in total. The Morgan fingerprint density at radius 1 is 1.28 bits per heavy atom. The van der Waals surface area contributed by atoms with Crippen LogP contribution in [0.25, 0.3) is 0 Å². The highest BCUT2D eigenvalue weighted by molar-refractivity contribution is 6.35. The van der Waals surface area contributed by atoms with Crippen LogP contribution in [0.1, 0.15) is 36.4 Å². The van der Waals surface area contributed by atoms with Crippen molar-refractivity contribution in [2.24, 2.45) is 0 Å². The van der Waals surface area contributed by atoms with Crippen LogP contribution in [0.4, 0.5) is 5.69 Å². The van der Waals surface area contributed by atoms with Gasteiger partial charge in [0, 0.05) is 31.9 Å². The van der Waals surface area contributed by atoms with Gasteiger partial charge in [-0.25, -0.2) is 0 Å². The van der Waals surface area contributed by atoms with Crippen molar-refractivity contribution in [1.29, 1.82) is 0 Å². The molecular weight excluding hydrogens is 316 g/mol. The Balaban J connectivity index is 1.66. The molecule has 1 aliphatic carbocycles. The predicted octanol–water partition coefficient (Wildman–Crippen LogP) is 1.07. The summed E-state index contributed by atoms with van der Waals surface area (Å²) < 4.78 is 0. The van der Waals surface area contributed by atoms with E-state index in [-0.39, 0.29) is 12.1 Å².